The Balaban J connectivity index is 2.04. The third-order valence-corrected chi connectivity index (χ3v) is 4.40. The summed E-state index contributed by atoms with van der Waals surface area (Å²) in [5.74, 6) is 1.07. The van der Waals surface area contributed by atoms with Gasteiger partial charge in [-0.25, -0.2) is 0 Å². The van der Waals surface area contributed by atoms with Gasteiger partial charge in [0.25, 0.3) is 5.89 Å². The lowest BCUT2D eigenvalue weighted by atomic mass is 10.1. The van der Waals surface area contributed by atoms with Crippen LogP contribution in [0.1, 0.15) is 16.0 Å². The van der Waals surface area contributed by atoms with Crippen molar-refractivity contribution in [1.82, 2.24) is 10.1 Å². The van der Waals surface area contributed by atoms with Crippen LogP contribution < -0.4 is 5.73 Å². The van der Waals surface area contributed by atoms with Crippen molar-refractivity contribution in [3.8, 4) is 22.8 Å². The van der Waals surface area contributed by atoms with E-state index in [-0.39, 0.29) is 0 Å². The van der Waals surface area contributed by atoms with Crippen LogP contribution in [0.2, 0.25) is 0 Å². The first-order chi connectivity index (χ1) is 9.56. The summed E-state index contributed by atoms with van der Waals surface area (Å²) in [5.41, 5.74) is 10.1. The van der Waals surface area contributed by atoms with E-state index in [4.69, 9.17) is 10.3 Å². The van der Waals surface area contributed by atoms with Gasteiger partial charge in [0.05, 0.1) is 10.6 Å². The number of nitrogen functional groups attached to an aromatic ring is 1. The molecule has 0 radical (unpaired) electrons. The molecule has 0 atom stereocenters. The molecule has 3 rings (SSSR count). The quantitative estimate of drug-likeness (QED) is 0.773. The molecule has 0 aliphatic carbocycles. The van der Waals surface area contributed by atoms with E-state index in [0.717, 1.165) is 21.7 Å². The van der Waals surface area contributed by atoms with E-state index in [9.17, 15) is 0 Å². The average molecular weight is 285 g/mol. The molecule has 102 valence electrons. The highest BCUT2D eigenvalue weighted by Gasteiger charge is 2.18. The maximum atomic E-state index is 6.03. The Morgan fingerprint density at radius 2 is 1.80 bits per heavy atom. The van der Waals surface area contributed by atoms with Gasteiger partial charge in [-0.2, -0.15) is 4.98 Å². The summed E-state index contributed by atoms with van der Waals surface area (Å²) in [4.78, 5) is 5.64. The number of nitrogens with zero attached hydrogens (tertiary/aromatic N) is 2. The molecule has 0 aliphatic heterocycles. The number of thiophene rings is 1. The largest absolute Gasteiger partial charge is 0.390 e. The van der Waals surface area contributed by atoms with Gasteiger partial charge >= 0.3 is 0 Å². The molecule has 3 aromatic rings. The average Bonchev–Trinajstić information content (AvgIpc) is 2.97. The first-order valence-electron chi connectivity index (χ1n) is 6.33. The molecule has 0 amide bonds. The second-order valence-electron chi connectivity index (χ2n) is 4.81. The predicted octanol–water partition coefficient (Wildman–Crippen LogP) is 3.97. The van der Waals surface area contributed by atoms with E-state index in [1.165, 1.54) is 10.4 Å². The van der Waals surface area contributed by atoms with Gasteiger partial charge in [0.15, 0.2) is 0 Å². The van der Waals surface area contributed by atoms with E-state index < -0.39 is 0 Å². The number of hydrogen-bond acceptors (Lipinski definition) is 5. The van der Waals surface area contributed by atoms with Crippen LogP contribution in [0.3, 0.4) is 0 Å². The Hall–Kier alpha value is -2.14. The molecule has 20 heavy (non-hydrogen) atoms. The lowest BCUT2D eigenvalue weighted by Gasteiger charge is -1.95. The smallest absolute Gasteiger partial charge is 0.261 e. The fourth-order valence-electron chi connectivity index (χ4n) is 2.06. The van der Waals surface area contributed by atoms with E-state index >= 15 is 0 Å². The number of benzene rings is 1. The molecule has 4 nitrogen and oxygen atoms in total. The van der Waals surface area contributed by atoms with Crippen LogP contribution in [0.15, 0.2) is 28.8 Å². The second kappa shape index (κ2) is 4.76. The van der Waals surface area contributed by atoms with Crippen molar-refractivity contribution in [1.29, 1.82) is 0 Å². The van der Waals surface area contributed by atoms with Crippen molar-refractivity contribution in [2.45, 2.75) is 20.8 Å². The maximum absolute atomic E-state index is 6.03. The van der Waals surface area contributed by atoms with Crippen LogP contribution in [-0.4, -0.2) is 10.1 Å². The molecule has 0 bridgehead atoms. The number of aryl methyl sites for hydroxylation is 2. The number of aromatic nitrogens is 2. The first kappa shape index (κ1) is 12.9. The van der Waals surface area contributed by atoms with Gasteiger partial charge in [0.2, 0.25) is 5.82 Å². The summed E-state index contributed by atoms with van der Waals surface area (Å²) in [6, 6.07) is 8.03. The Labute approximate surface area is 121 Å². The molecule has 0 saturated heterocycles. The standard InChI is InChI=1S/C15H15N3OS/c1-8-4-6-11(7-5-8)14-17-15(19-18-14)12-9(2)10(3)20-13(12)16/h4-7H,16H2,1-3H3. The highest BCUT2D eigenvalue weighted by atomic mass is 32.1. The second-order valence-corrected chi connectivity index (χ2v) is 6.07. The molecule has 5 heteroatoms. The van der Waals surface area contributed by atoms with Gasteiger partial charge in [-0.15, -0.1) is 11.3 Å². The monoisotopic (exact) mass is 285 g/mol. The van der Waals surface area contributed by atoms with Gasteiger partial charge in [-0.1, -0.05) is 35.0 Å². The minimum atomic E-state index is 0.486. The Morgan fingerprint density at radius 1 is 1.10 bits per heavy atom. The SMILES string of the molecule is Cc1ccc(-c2noc(-c3c(N)sc(C)c3C)n2)cc1. The number of nitrogens with two attached hydrogens (primary N) is 1. The zero-order valence-corrected chi connectivity index (χ0v) is 12.4. The fourth-order valence-corrected chi connectivity index (χ4v) is 2.99. The number of hydrogen-bond donors (Lipinski definition) is 1. The van der Waals surface area contributed by atoms with Crippen LogP contribution >= 0.6 is 11.3 Å². The lowest BCUT2D eigenvalue weighted by Crippen LogP contribution is -1.87. The van der Waals surface area contributed by atoms with Crippen molar-refractivity contribution < 1.29 is 4.52 Å². The van der Waals surface area contributed by atoms with Crippen LogP contribution in [0.5, 0.6) is 0 Å². The molecule has 0 saturated carbocycles. The minimum absolute atomic E-state index is 0.486. The van der Waals surface area contributed by atoms with Crippen molar-refractivity contribution in [2.75, 3.05) is 5.73 Å². The van der Waals surface area contributed by atoms with Crippen LogP contribution in [0.4, 0.5) is 5.00 Å². The molecular weight excluding hydrogens is 270 g/mol. The number of anilines is 1. The summed E-state index contributed by atoms with van der Waals surface area (Å²) < 4.78 is 5.38. The Kier molecular flexibility index (Phi) is 3.06. The zero-order chi connectivity index (χ0) is 14.3. The Morgan fingerprint density at radius 3 is 2.40 bits per heavy atom. The molecule has 2 N–H and O–H groups in total. The summed E-state index contributed by atoms with van der Waals surface area (Å²) >= 11 is 1.55. The molecule has 0 spiro atoms. The zero-order valence-electron chi connectivity index (χ0n) is 11.6. The maximum Gasteiger partial charge on any atom is 0.261 e. The van der Waals surface area contributed by atoms with Crippen LogP contribution in [0, 0.1) is 20.8 Å². The molecule has 1 aromatic carbocycles. The number of rotatable bonds is 2. The summed E-state index contributed by atoms with van der Waals surface area (Å²) in [6.45, 7) is 6.11. The molecular formula is C15H15N3OS. The van der Waals surface area contributed by atoms with Gasteiger partial charge in [-0.05, 0) is 26.3 Å². The minimum Gasteiger partial charge on any atom is -0.390 e. The highest BCUT2D eigenvalue weighted by Crippen LogP contribution is 2.37. The van der Waals surface area contributed by atoms with Gasteiger partial charge in [-0.3, -0.25) is 0 Å². The van der Waals surface area contributed by atoms with Crippen molar-refractivity contribution in [2.24, 2.45) is 0 Å². The summed E-state index contributed by atoms with van der Waals surface area (Å²) in [6.07, 6.45) is 0. The van der Waals surface area contributed by atoms with E-state index in [1.54, 1.807) is 11.3 Å². The normalized spacial score (nSPS) is 10.9. The summed E-state index contributed by atoms with van der Waals surface area (Å²) in [7, 11) is 0. The van der Waals surface area contributed by atoms with Crippen molar-refractivity contribution in [3.05, 3.63) is 40.3 Å². The molecule has 2 aromatic heterocycles. The van der Waals surface area contributed by atoms with Crippen LogP contribution in [-0.2, 0) is 0 Å². The van der Waals surface area contributed by atoms with Crippen LogP contribution in [0.25, 0.3) is 22.8 Å². The van der Waals surface area contributed by atoms with E-state index in [1.807, 2.05) is 45.0 Å². The third kappa shape index (κ3) is 2.10. The highest BCUT2D eigenvalue weighted by molar-refractivity contribution is 7.16. The fraction of sp³-hybridized carbons (Fsp3) is 0.200. The molecule has 2 heterocycles. The van der Waals surface area contributed by atoms with E-state index in [2.05, 4.69) is 10.1 Å². The van der Waals surface area contributed by atoms with Gasteiger partial charge in [0.1, 0.15) is 0 Å². The van der Waals surface area contributed by atoms with Gasteiger partial charge in [0, 0.05) is 10.4 Å². The van der Waals surface area contributed by atoms with Crippen molar-refractivity contribution >= 4 is 16.3 Å². The third-order valence-electron chi connectivity index (χ3n) is 3.36. The first-order valence-corrected chi connectivity index (χ1v) is 7.14. The lowest BCUT2D eigenvalue weighted by molar-refractivity contribution is 0.432. The molecule has 0 unspecified atom stereocenters. The molecule has 0 fully saturated rings. The Bertz CT molecular complexity index is 756. The van der Waals surface area contributed by atoms with Gasteiger partial charge < -0.3 is 10.3 Å². The summed E-state index contributed by atoms with van der Waals surface area (Å²) in [5, 5.41) is 4.77. The van der Waals surface area contributed by atoms with Crippen molar-refractivity contribution in [3.63, 3.8) is 0 Å². The predicted molar refractivity (Wildman–Crippen MR) is 81.7 cm³/mol. The van der Waals surface area contributed by atoms with E-state index in [0.29, 0.717) is 11.7 Å². The molecule has 0 aliphatic rings. The topological polar surface area (TPSA) is 64.9 Å².